The SMILES string of the molecule is CCCc1ncc(C(=O)Cc2ccccc2)[nH]1. The highest BCUT2D eigenvalue weighted by atomic mass is 16.1. The number of rotatable bonds is 5. The molecule has 0 atom stereocenters. The quantitative estimate of drug-likeness (QED) is 0.800. The first-order valence-electron chi connectivity index (χ1n) is 5.90. The van der Waals surface area contributed by atoms with E-state index < -0.39 is 0 Å². The maximum absolute atomic E-state index is 12.0. The number of carbonyl (C=O) groups excluding carboxylic acids is 1. The third kappa shape index (κ3) is 3.03. The van der Waals surface area contributed by atoms with Crippen LogP contribution < -0.4 is 0 Å². The van der Waals surface area contributed by atoms with Crippen LogP contribution in [0.5, 0.6) is 0 Å². The molecule has 1 N–H and O–H groups in total. The number of Topliss-reactive ketones (excluding diaryl/α,β-unsaturated/α-hetero) is 1. The zero-order valence-corrected chi connectivity index (χ0v) is 9.94. The largest absolute Gasteiger partial charge is 0.340 e. The summed E-state index contributed by atoms with van der Waals surface area (Å²) in [5.41, 5.74) is 1.64. The van der Waals surface area contributed by atoms with Gasteiger partial charge in [0.05, 0.1) is 6.20 Å². The second-order valence-corrected chi connectivity index (χ2v) is 4.08. The van der Waals surface area contributed by atoms with Crippen molar-refractivity contribution in [2.75, 3.05) is 0 Å². The van der Waals surface area contributed by atoms with E-state index in [0.29, 0.717) is 12.1 Å². The van der Waals surface area contributed by atoms with Crippen LogP contribution >= 0.6 is 0 Å². The van der Waals surface area contributed by atoms with E-state index in [0.717, 1.165) is 24.2 Å². The number of ketones is 1. The lowest BCUT2D eigenvalue weighted by atomic mass is 10.1. The standard InChI is InChI=1S/C14H16N2O/c1-2-6-14-15-10-12(16-14)13(17)9-11-7-4-3-5-8-11/h3-5,7-8,10H,2,6,9H2,1H3,(H,15,16). The van der Waals surface area contributed by atoms with Gasteiger partial charge in [-0.25, -0.2) is 4.98 Å². The van der Waals surface area contributed by atoms with Gasteiger partial charge in [-0.1, -0.05) is 37.3 Å². The highest BCUT2D eigenvalue weighted by molar-refractivity contribution is 5.95. The molecule has 1 heterocycles. The summed E-state index contributed by atoms with van der Waals surface area (Å²) in [5.74, 6) is 0.981. The van der Waals surface area contributed by atoms with Gasteiger partial charge < -0.3 is 4.98 Å². The van der Waals surface area contributed by atoms with E-state index in [-0.39, 0.29) is 5.78 Å². The molecule has 0 saturated carbocycles. The fraction of sp³-hybridized carbons (Fsp3) is 0.286. The molecule has 1 aromatic heterocycles. The molecule has 0 bridgehead atoms. The predicted octanol–water partition coefficient (Wildman–Crippen LogP) is 2.79. The molecule has 0 saturated heterocycles. The lowest BCUT2D eigenvalue weighted by molar-refractivity contribution is 0.0988. The van der Waals surface area contributed by atoms with E-state index in [1.54, 1.807) is 6.20 Å². The molecule has 0 spiro atoms. The molecule has 0 aliphatic heterocycles. The van der Waals surface area contributed by atoms with E-state index in [1.807, 2.05) is 30.3 Å². The minimum absolute atomic E-state index is 0.0889. The van der Waals surface area contributed by atoms with Gasteiger partial charge in [-0.15, -0.1) is 0 Å². The highest BCUT2D eigenvalue weighted by Crippen LogP contribution is 2.06. The van der Waals surface area contributed by atoms with Gasteiger partial charge in [0.1, 0.15) is 11.5 Å². The van der Waals surface area contributed by atoms with Gasteiger partial charge in [-0.2, -0.15) is 0 Å². The van der Waals surface area contributed by atoms with E-state index in [1.165, 1.54) is 0 Å². The van der Waals surface area contributed by atoms with Crippen molar-refractivity contribution in [3.63, 3.8) is 0 Å². The summed E-state index contributed by atoms with van der Waals surface area (Å²) in [4.78, 5) is 19.2. The predicted molar refractivity (Wildman–Crippen MR) is 67.1 cm³/mol. The van der Waals surface area contributed by atoms with Crippen LogP contribution in [0.3, 0.4) is 0 Å². The summed E-state index contributed by atoms with van der Waals surface area (Å²) >= 11 is 0. The topological polar surface area (TPSA) is 45.8 Å². The van der Waals surface area contributed by atoms with E-state index >= 15 is 0 Å². The average molecular weight is 228 g/mol. The Morgan fingerprint density at radius 3 is 2.76 bits per heavy atom. The lowest BCUT2D eigenvalue weighted by Crippen LogP contribution is -2.04. The van der Waals surface area contributed by atoms with Crippen LogP contribution in [0.25, 0.3) is 0 Å². The van der Waals surface area contributed by atoms with Crippen LogP contribution in [0.4, 0.5) is 0 Å². The van der Waals surface area contributed by atoms with Crippen molar-refractivity contribution in [3.05, 3.63) is 53.6 Å². The Morgan fingerprint density at radius 1 is 1.29 bits per heavy atom. The normalized spacial score (nSPS) is 10.4. The maximum atomic E-state index is 12.0. The molecule has 0 aliphatic carbocycles. The van der Waals surface area contributed by atoms with Gasteiger partial charge in [0, 0.05) is 12.8 Å². The number of aromatic nitrogens is 2. The minimum Gasteiger partial charge on any atom is -0.340 e. The van der Waals surface area contributed by atoms with Gasteiger partial charge in [0.2, 0.25) is 0 Å². The Balaban J connectivity index is 2.04. The van der Waals surface area contributed by atoms with Crippen LogP contribution in [-0.4, -0.2) is 15.8 Å². The molecule has 2 rings (SSSR count). The number of nitrogens with zero attached hydrogens (tertiary/aromatic N) is 1. The number of benzene rings is 1. The molecule has 17 heavy (non-hydrogen) atoms. The molecule has 1 aromatic carbocycles. The number of aromatic amines is 1. The molecular formula is C14H16N2O. The first-order valence-corrected chi connectivity index (χ1v) is 5.90. The number of carbonyl (C=O) groups is 1. The van der Waals surface area contributed by atoms with Crippen LogP contribution in [0.1, 0.15) is 35.2 Å². The summed E-state index contributed by atoms with van der Waals surface area (Å²) in [5, 5.41) is 0. The number of nitrogens with one attached hydrogen (secondary N) is 1. The Morgan fingerprint density at radius 2 is 2.06 bits per heavy atom. The molecule has 0 aliphatic rings. The van der Waals surface area contributed by atoms with Crippen LogP contribution in [-0.2, 0) is 12.8 Å². The van der Waals surface area contributed by atoms with Gasteiger partial charge in [-0.05, 0) is 12.0 Å². The fourth-order valence-electron chi connectivity index (χ4n) is 1.74. The first-order chi connectivity index (χ1) is 8.29. The second-order valence-electron chi connectivity index (χ2n) is 4.08. The molecule has 88 valence electrons. The van der Waals surface area contributed by atoms with E-state index in [2.05, 4.69) is 16.9 Å². The van der Waals surface area contributed by atoms with Crippen LogP contribution in [0.2, 0.25) is 0 Å². The molecule has 3 heteroatoms. The van der Waals surface area contributed by atoms with Gasteiger partial charge in [0.15, 0.2) is 5.78 Å². The average Bonchev–Trinajstić information content (AvgIpc) is 2.79. The van der Waals surface area contributed by atoms with Crippen molar-refractivity contribution in [1.82, 2.24) is 9.97 Å². The van der Waals surface area contributed by atoms with Crippen molar-refractivity contribution in [2.24, 2.45) is 0 Å². The third-order valence-electron chi connectivity index (χ3n) is 2.62. The summed E-state index contributed by atoms with van der Waals surface area (Å²) in [6.07, 6.45) is 3.98. The number of aryl methyl sites for hydroxylation is 1. The monoisotopic (exact) mass is 228 g/mol. The van der Waals surface area contributed by atoms with Gasteiger partial charge in [0.25, 0.3) is 0 Å². The number of H-pyrrole nitrogens is 1. The van der Waals surface area contributed by atoms with Crippen molar-refractivity contribution in [2.45, 2.75) is 26.2 Å². The number of imidazole rings is 1. The number of hydrogen-bond acceptors (Lipinski definition) is 2. The zero-order chi connectivity index (χ0) is 12.1. The van der Waals surface area contributed by atoms with Crippen molar-refractivity contribution >= 4 is 5.78 Å². The fourth-order valence-corrected chi connectivity index (χ4v) is 1.74. The smallest absolute Gasteiger partial charge is 0.184 e. The first kappa shape index (κ1) is 11.6. The summed E-state index contributed by atoms with van der Waals surface area (Å²) < 4.78 is 0. The van der Waals surface area contributed by atoms with Crippen LogP contribution in [0, 0.1) is 0 Å². The lowest BCUT2D eigenvalue weighted by Gasteiger charge is -1.98. The maximum Gasteiger partial charge on any atom is 0.184 e. The van der Waals surface area contributed by atoms with Gasteiger partial charge >= 0.3 is 0 Å². The van der Waals surface area contributed by atoms with E-state index in [4.69, 9.17) is 0 Å². The van der Waals surface area contributed by atoms with Crippen LogP contribution in [0.15, 0.2) is 36.5 Å². The summed E-state index contributed by atoms with van der Waals surface area (Å²) in [6, 6.07) is 9.75. The second kappa shape index (κ2) is 5.43. The molecule has 2 aromatic rings. The van der Waals surface area contributed by atoms with Crippen molar-refractivity contribution in [1.29, 1.82) is 0 Å². The zero-order valence-electron chi connectivity index (χ0n) is 9.94. The summed E-state index contributed by atoms with van der Waals surface area (Å²) in [6.45, 7) is 2.09. The minimum atomic E-state index is 0.0889. The Hall–Kier alpha value is -1.90. The van der Waals surface area contributed by atoms with Gasteiger partial charge in [-0.3, -0.25) is 4.79 Å². The van der Waals surface area contributed by atoms with Crippen molar-refractivity contribution < 1.29 is 4.79 Å². The molecule has 0 amide bonds. The summed E-state index contributed by atoms with van der Waals surface area (Å²) in [7, 11) is 0. The third-order valence-corrected chi connectivity index (χ3v) is 2.62. The number of hydrogen-bond donors (Lipinski definition) is 1. The van der Waals surface area contributed by atoms with E-state index in [9.17, 15) is 4.79 Å². The highest BCUT2D eigenvalue weighted by Gasteiger charge is 2.09. The Kier molecular flexibility index (Phi) is 3.70. The molecular weight excluding hydrogens is 212 g/mol. The molecule has 3 nitrogen and oxygen atoms in total. The molecule has 0 radical (unpaired) electrons. The Labute approximate surface area is 101 Å². The Bertz CT molecular complexity index is 488. The van der Waals surface area contributed by atoms with Crippen molar-refractivity contribution in [3.8, 4) is 0 Å². The molecule has 0 unspecified atom stereocenters. The molecule has 0 fully saturated rings.